The largest absolute Gasteiger partial charge is 0.288 e. The number of unbranched alkanes of at least 4 members (excludes halogenated alkanes) is 3. The quantitative estimate of drug-likeness (QED) is 0.255. The second-order valence-corrected chi connectivity index (χ2v) is 6.95. The Morgan fingerprint density at radius 2 is 1.43 bits per heavy atom. The molecule has 0 N–H and O–H groups in total. The molecule has 0 radical (unpaired) electrons. The van der Waals surface area contributed by atoms with E-state index in [9.17, 15) is 0 Å². The van der Waals surface area contributed by atoms with Crippen LogP contribution >= 0.6 is 0 Å². The molecule has 0 aromatic carbocycles. The molecular weight excluding hydrogens is 280 g/mol. The van der Waals surface area contributed by atoms with Gasteiger partial charge < -0.3 is 0 Å². The lowest BCUT2D eigenvalue weighted by molar-refractivity contribution is 0.0474. The predicted octanol–water partition coefficient (Wildman–Crippen LogP) is 5.39. The van der Waals surface area contributed by atoms with Crippen molar-refractivity contribution in [1.82, 2.24) is 9.80 Å². The van der Waals surface area contributed by atoms with Crippen LogP contribution in [-0.2, 0) is 0 Å². The van der Waals surface area contributed by atoms with Gasteiger partial charge in [-0.25, -0.2) is 0 Å². The molecule has 2 heteroatoms. The summed E-state index contributed by atoms with van der Waals surface area (Å²) in [7, 11) is 0. The van der Waals surface area contributed by atoms with Crippen molar-refractivity contribution >= 4 is 0 Å². The molecule has 2 nitrogen and oxygen atoms in total. The van der Waals surface area contributed by atoms with E-state index in [1.54, 1.807) is 0 Å². The van der Waals surface area contributed by atoms with Crippen LogP contribution in [0.4, 0.5) is 0 Å². The van der Waals surface area contributed by atoms with Gasteiger partial charge in [0.25, 0.3) is 0 Å². The molecule has 1 unspecified atom stereocenters. The molecule has 0 heterocycles. The lowest BCUT2D eigenvalue weighted by atomic mass is 10.0. The molecule has 0 aromatic heterocycles. The highest BCUT2D eigenvalue weighted by Crippen LogP contribution is 2.17. The van der Waals surface area contributed by atoms with Crippen molar-refractivity contribution in [2.24, 2.45) is 5.92 Å². The molecule has 0 rings (SSSR count). The fourth-order valence-electron chi connectivity index (χ4n) is 2.93. The summed E-state index contributed by atoms with van der Waals surface area (Å²) in [4.78, 5) is 5.25. The fraction of sp³-hybridized carbons (Fsp3) is 0.905. The van der Waals surface area contributed by atoms with Gasteiger partial charge in [0.1, 0.15) is 0 Å². The van der Waals surface area contributed by atoms with Crippen molar-refractivity contribution in [2.45, 2.75) is 92.7 Å². The molecule has 0 amide bonds. The summed E-state index contributed by atoms with van der Waals surface area (Å²) in [5.74, 6) is 7.60. The predicted molar refractivity (Wildman–Crippen MR) is 105 cm³/mol. The van der Waals surface area contributed by atoms with Gasteiger partial charge in [-0.2, -0.15) is 0 Å². The average Bonchev–Trinajstić information content (AvgIpc) is 2.54. The molecular formula is C21H42N2. The van der Waals surface area contributed by atoms with Crippen LogP contribution < -0.4 is 0 Å². The Labute approximate surface area is 147 Å². The topological polar surface area (TPSA) is 6.48 Å². The van der Waals surface area contributed by atoms with Crippen LogP contribution in [0.25, 0.3) is 0 Å². The van der Waals surface area contributed by atoms with E-state index in [2.05, 4.69) is 63.2 Å². The Morgan fingerprint density at radius 3 is 1.96 bits per heavy atom. The molecule has 0 saturated heterocycles. The third kappa shape index (κ3) is 10.8. The zero-order chi connectivity index (χ0) is 17.5. The van der Waals surface area contributed by atoms with E-state index in [0.29, 0.717) is 6.17 Å². The molecule has 0 aliphatic heterocycles. The van der Waals surface area contributed by atoms with Gasteiger partial charge in [0.2, 0.25) is 0 Å². The van der Waals surface area contributed by atoms with Gasteiger partial charge in [0.15, 0.2) is 0 Å². The summed E-state index contributed by atoms with van der Waals surface area (Å²) < 4.78 is 0. The fourth-order valence-corrected chi connectivity index (χ4v) is 2.93. The SMILES string of the molecule is CCCCC#CCN(CCCC)C(CCC(C)C)N(CC)CC. The second kappa shape index (κ2) is 15.0. The van der Waals surface area contributed by atoms with Crippen LogP contribution in [0.3, 0.4) is 0 Å². The van der Waals surface area contributed by atoms with Crippen molar-refractivity contribution < 1.29 is 0 Å². The normalized spacial score (nSPS) is 12.7. The van der Waals surface area contributed by atoms with Crippen molar-refractivity contribution in [3.05, 3.63) is 0 Å². The first-order chi connectivity index (χ1) is 11.1. The van der Waals surface area contributed by atoms with Crippen LogP contribution in [0.1, 0.15) is 86.5 Å². The minimum Gasteiger partial charge on any atom is -0.288 e. The summed E-state index contributed by atoms with van der Waals surface area (Å²) >= 11 is 0. The van der Waals surface area contributed by atoms with Crippen LogP contribution in [-0.4, -0.2) is 42.1 Å². The molecule has 0 bridgehead atoms. The van der Waals surface area contributed by atoms with E-state index in [1.807, 2.05) is 0 Å². The Bertz CT molecular complexity index is 310. The number of hydrogen-bond acceptors (Lipinski definition) is 2. The Balaban J connectivity index is 4.90. The lowest BCUT2D eigenvalue weighted by Gasteiger charge is -2.38. The van der Waals surface area contributed by atoms with Gasteiger partial charge in [0, 0.05) is 13.0 Å². The number of nitrogens with zero attached hydrogens (tertiary/aromatic N) is 2. The molecule has 0 aliphatic rings. The first kappa shape index (κ1) is 22.5. The molecule has 136 valence electrons. The van der Waals surface area contributed by atoms with E-state index in [4.69, 9.17) is 0 Å². The summed E-state index contributed by atoms with van der Waals surface area (Å²) in [5.41, 5.74) is 0. The van der Waals surface area contributed by atoms with Crippen LogP contribution in [0, 0.1) is 17.8 Å². The minimum absolute atomic E-state index is 0.555. The molecule has 0 aromatic rings. The van der Waals surface area contributed by atoms with Gasteiger partial charge in [-0.3, -0.25) is 9.80 Å². The number of rotatable bonds is 13. The van der Waals surface area contributed by atoms with Gasteiger partial charge in [-0.1, -0.05) is 60.3 Å². The lowest BCUT2D eigenvalue weighted by Crippen LogP contribution is -2.49. The van der Waals surface area contributed by atoms with E-state index < -0.39 is 0 Å². The van der Waals surface area contributed by atoms with Crippen LogP contribution in [0.2, 0.25) is 0 Å². The second-order valence-electron chi connectivity index (χ2n) is 6.95. The Kier molecular flexibility index (Phi) is 14.7. The van der Waals surface area contributed by atoms with E-state index >= 15 is 0 Å². The first-order valence-electron chi connectivity index (χ1n) is 10.0. The van der Waals surface area contributed by atoms with E-state index in [1.165, 1.54) is 45.1 Å². The third-order valence-corrected chi connectivity index (χ3v) is 4.52. The van der Waals surface area contributed by atoms with Crippen LogP contribution in [0.15, 0.2) is 0 Å². The maximum Gasteiger partial charge on any atom is 0.0630 e. The third-order valence-electron chi connectivity index (χ3n) is 4.52. The van der Waals surface area contributed by atoms with Gasteiger partial charge in [-0.05, 0) is 44.7 Å². The van der Waals surface area contributed by atoms with Crippen LogP contribution in [0.5, 0.6) is 0 Å². The van der Waals surface area contributed by atoms with Crippen molar-refractivity contribution in [1.29, 1.82) is 0 Å². The highest BCUT2D eigenvalue weighted by atomic mass is 15.3. The highest BCUT2D eigenvalue weighted by molar-refractivity contribution is 5.01. The van der Waals surface area contributed by atoms with Crippen molar-refractivity contribution in [3.63, 3.8) is 0 Å². The summed E-state index contributed by atoms with van der Waals surface area (Å²) in [5, 5.41) is 0. The first-order valence-corrected chi connectivity index (χ1v) is 10.0. The summed E-state index contributed by atoms with van der Waals surface area (Å²) in [6.45, 7) is 18.1. The molecule has 0 fully saturated rings. The van der Waals surface area contributed by atoms with Gasteiger partial charge in [-0.15, -0.1) is 5.92 Å². The minimum atomic E-state index is 0.555. The Hall–Kier alpha value is -0.520. The molecule has 0 spiro atoms. The smallest absolute Gasteiger partial charge is 0.0630 e. The number of hydrogen-bond donors (Lipinski definition) is 0. The summed E-state index contributed by atoms with van der Waals surface area (Å²) in [6.07, 6.45) is 9.18. The zero-order valence-electron chi connectivity index (χ0n) is 16.8. The zero-order valence-corrected chi connectivity index (χ0v) is 16.8. The van der Waals surface area contributed by atoms with Crippen molar-refractivity contribution in [2.75, 3.05) is 26.2 Å². The molecule has 1 atom stereocenters. The van der Waals surface area contributed by atoms with Gasteiger partial charge >= 0.3 is 0 Å². The van der Waals surface area contributed by atoms with E-state index in [0.717, 1.165) is 32.0 Å². The maximum atomic E-state index is 3.45. The molecule has 0 aliphatic carbocycles. The van der Waals surface area contributed by atoms with E-state index in [-0.39, 0.29) is 0 Å². The average molecular weight is 323 g/mol. The summed E-state index contributed by atoms with van der Waals surface area (Å²) in [6, 6.07) is 0. The maximum absolute atomic E-state index is 3.45. The molecule has 23 heavy (non-hydrogen) atoms. The Morgan fingerprint density at radius 1 is 0.783 bits per heavy atom. The monoisotopic (exact) mass is 322 g/mol. The standard InChI is InChI=1S/C21H42N2/c1-7-11-13-14-15-19-23(18-12-8-2)21(17-16-20(5)6)22(9-3)10-4/h20-21H,7-13,16-19H2,1-6H3. The molecule has 0 saturated carbocycles. The van der Waals surface area contributed by atoms with Crippen molar-refractivity contribution in [3.8, 4) is 11.8 Å². The van der Waals surface area contributed by atoms with Gasteiger partial charge in [0.05, 0.1) is 12.7 Å². The highest BCUT2D eigenvalue weighted by Gasteiger charge is 2.22.